The van der Waals surface area contributed by atoms with Gasteiger partial charge in [-0.25, -0.2) is 4.79 Å². The standard InChI is InChI=1S/C11H5Cl2N3O6/c1-3(17)22-15-8-6-5(14-11(19)10(8)18)2-4(12)9(7(6)13)16(20)21/h2H,1H3,(H,14,19). The number of hydrogen-bond donors (Lipinski definition) is 1. The van der Waals surface area contributed by atoms with E-state index in [1.807, 2.05) is 0 Å². The van der Waals surface area contributed by atoms with E-state index >= 15 is 0 Å². The van der Waals surface area contributed by atoms with Crippen LogP contribution in [0.25, 0.3) is 0 Å². The van der Waals surface area contributed by atoms with Crippen molar-refractivity contribution >= 4 is 57.9 Å². The number of fused-ring (bicyclic) bond motifs is 1. The van der Waals surface area contributed by atoms with Crippen molar-refractivity contribution in [1.82, 2.24) is 0 Å². The van der Waals surface area contributed by atoms with Gasteiger partial charge in [-0.3, -0.25) is 19.7 Å². The van der Waals surface area contributed by atoms with Gasteiger partial charge in [0.1, 0.15) is 10.0 Å². The molecule has 0 aliphatic carbocycles. The third-order valence-corrected chi connectivity index (χ3v) is 3.20. The lowest BCUT2D eigenvalue weighted by Crippen LogP contribution is -2.36. The Kier molecular flexibility index (Phi) is 4.11. The lowest BCUT2D eigenvalue weighted by Gasteiger charge is -2.18. The molecule has 0 saturated carbocycles. The van der Waals surface area contributed by atoms with Crippen molar-refractivity contribution in [2.24, 2.45) is 5.16 Å². The zero-order valence-corrected chi connectivity index (χ0v) is 12.2. The Bertz CT molecular complexity index is 774. The maximum Gasteiger partial charge on any atom is 0.332 e. The van der Waals surface area contributed by atoms with E-state index in [1.54, 1.807) is 0 Å². The van der Waals surface area contributed by atoms with E-state index in [4.69, 9.17) is 23.2 Å². The second kappa shape index (κ2) is 5.70. The molecule has 114 valence electrons. The Morgan fingerprint density at radius 1 is 1.41 bits per heavy atom. The summed E-state index contributed by atoms with van der Waals surface area (Å²) in [5.41, 5.74) is -1.60. The predicted molar refractivity (Wildman–Crippen MR) is 75.1 cm³/mol. The van der Waals surface area contributed by atoms with E-state index in [9.17, 15) is 24.5 Å². The number of oxime groups is 1. The topological polar surface area (TPSA) is 128 Å². The first-order valence-electron chi connectivity index (χ1n) is 5.52. The lowest BCUT2D eigenvalue weighted by atomic mass is 9.99. The molecule has 0 atom stereocenters. The van der Waals surface area contributed by atoms with Gasteiger partial charge in [0.2, 0.25) is 0 Å². The first-order valence-corrected chi connectivity index (χ1v) is 6.27. The fourth-order valence-electron chi connectivity index (χ4n) is 1.70. The Labute approximate surface area is 132 Å². The minimum Gasteiger partial charge on any atom is -0.318 e. The number of nitrogens with one attached hydrogen (secondary N) is 1. The maximum atomic E-state index is 11.8. The zero-order chi connectivity index (χ0) is 16.6. The van der Waals surface area contributed by atoms with Crippen LogP contribution in [-0.4, -0.2) is 28.3 Å². The number of carbonyl (C=O) groups is 3. The molecule has 0 unspecified atom stereocenters. The molecule has 22 heavy (non-hydrogen) atoms. The molecule has 1 heterocycles. The van der Waals surface area contributed by atoms with Gasteiger partial charge in [0.05, 0.1) is 16.2 Å². The highest BCUT2D eigenvalue weighted by Crippen LogP contribution is 2.41. The molecule has 1 aromatic rings. The van der Waals surface area contributed by atoms with E-state index < -0.39 is 39.0 Å². The molecule has 1 aliphatic rings. The number of nitro groups is 1. The molecular formula is C11H5Cl2N3O6. The first-order chi connectivity index (χ1) is 10.2. The summed E-state index contributed by atoms with van der Waals surface area (Å²) < 4.78 is 0. The number of benzene rings is 1. The smallest absolute Gasteiger partial charge is 0.318 e. The van der Waals surface area contributed by atoms with E-state index in [0.717, 1.165) is 13.0 Å². The van der Waals surface area contributed by atoms with Crippen molar-refractivity contribution in [3.05, 3.63) is 31.8 Å². The van der Waals surface area contributed by atoms with Gasteiger partial charge < -0.3 is 10.2 Å². The lowest BCUT2D eigenvalue weighted by molar-refractivity contribution is -0.384. The average Bonchev–Trinajstić information content (AvgIpc) is 2.39. The Morgan fingerprint density at radius 3 is 2.59 bits per heavy atom. The number of hydrogen-bond acceptors (Lipinski definition) is 7. The molecule has 1 aliphatic heterocycles. The Hall–Kier alpha value is -2.52. The first kappa shape index (κ1) is 15.9. The quantitative estimate of drug-likeness (QED) is 0.376. The number of anilines is 1. The summed E-state index contributed by atoms with van der Waals surface area (Å²) in [5.74, 6) is -3.08. The number of nitro benzene ring substituents is 1. The van der Waals surface area contributed by atoms with E-state index in [-0.39, 0.29) is 16.3 Å². The van der Waals surface area contributed by atoms with Crippen molar-refractivity contribution in [3.63, 3.8) is 0 Å². The van der Waals surface area contributed by atoms with Gasteiger partial charge in [-0.05, 0) is 6.07 Å². The summed E-state index contributed by atoms with van der Waals surface area (Å²) in [5, 5.41) is 15.6. The second-order valence-corrected chi connectivity index (χ2v) is 4.79. The molecule has 9 nitrogen and oxygen atoms in total. The number of carbonyl (C=O) groups excluding carboxylic acids is 3. The molecule has 11 heteroatoms. The van der Waals surface area contributed by atoms with Crippen LogP contribution in [0.5, 0.6) is 0 Å². The Balaban J connectivity index is 2.76. The number of nitrogens with zero attached hydrogens (tertiary/aromatic N) is 2. The Morgan fingerprint density at radius 2 is 2.05 bits per heavy atom. The van der Waals surface area contributed by atoms with Crippen LogP contribution in [0.4, 0.5) is 11.4 Å². The molecule has 0 saturated heterocycles. The maximum absolute atomic E-state index is 11.8. The molecular weight excluding hydrogens is 341 g/mol. The number of amides is 1. The van der Waals surface area contributed by atoms with Crippen LogP contribution in [0.3, 0.4) is 0 Å². The SMILES string of the molecule is CC(=O)ON=C1C(=O)C(=O)Nc2cc(Cl)c([N+](=O)[O-])c(Cl)c21. The van der Waals surface area contributed by atoms with Crippen molar-refractivity contribution in [2.45, 2.75) is 6.92 Å². The summed E-state index contributed by atoms with van der Waals surface area (Å²) in [4.78, 5) is 48.6. The monoisotopic (exact) mass is 345 g/mol. The molecule has 0 spiro atoms. The largest absolute Gasteiger partial charge is 0.332 e. The van der Waals surface area contributed by atoms with Gasteiger partial charge in [0, 0.05) is 6.92 Å². The van der Waals surface area contributed by atoms with Crippen molar-refractivity contribution in [2.75, 3.05) is 5.32 Å². The number of Topliss-reactive ketones (excluding diaryl/α,β-unsaturated/α-hetero) is 1. The number of ketones is 1. The normalized spacial score (nSPS) is 15.3. The van der Waals surface area contributed by atoms with E-state index in [0.29, 0.717) is 0 Å². The van der Waals surface area contributed by atoms with Crippen LogP contribution in [0.2, 0.25) is 10.0 Å². The number of rotatable bonds is 2. The second-order valence-electron chi connectivity index (χ2n) is 4.01. The molecule has 0 fully saturated rings. The van der Waals surface area contributed by atoms with Crippen molar-refractivity contribution < 1.29 is 24.1 Å². The average molecular weight is 346 g/mol. The van der Waals surface area contributed by atoms with Crippen molar-refractivity contribution in [3.8, 4) is 0 Å². The molecule has 1 amide bonds. The van der Waals surface area contributed by atoms with E-state index in [1.165, 1.54) is 0 Å². The minimum atomic E-state index is -1.16. The highest BCUT2D eigenvalue weighted by molar-refractivity contribution is 6.73. The van der Waals surface area contributed by atoms with Gasteiger partial charge in [0.25, 0.3) is 11.7 Å². The van der Waals surface area contributed by atoms with Crippen LogP contribution in [0, 0.1) is 10.1 Å². The van der Waals surface area contributed by atoms with Gasteiger partial charge >= 0.3 is 11.7 Å². The van der Waals surface area contributed by atoms with Gasteiger partial charge in [-0.15, -0.1) is 0 Å². The minimum absolute atomic E-state index is 0.0592. The van der Waals surface area contributed by atoms with Crippen LogP contribution in [-0.2, 0) is 19.2 Å². The van der Waals surface area contributed by atoms with Crippen LogP contribution >= 0.6 is 23.2 Å². The summed E-state index contributed by atoms with van der Waals surface area (Å²) >= 11 is 11.6. The number of halogens is 2. The molecule has 1 N–H and O–H groups in total. The van der Waals surface area contributed by atoms with Crippen LogP contribution in [0.15, 0.2) is 11.2 Å². The van der Waals surface area contributed by atoms with Gasteiger partial charge in [-0.2, -0.15) is 0 Å². The fourth-order valence-corrected chi connectivity index (χ4v) is 2.39. The van der Waals surface area contributed by atoms with Crippen LogP contribution < -0.4 is 5.32 Å². The molecule has 1 aromatic carbocycles. The van der Waals surface area contributed by atoms with Crippen LogP contribution in [0.1, 0.15) is 12.5 Å². The summed E-state index contributed by atoms with van der Waals surface area (Å²) in [7, 11) is 0. The molecule has 0 bridgehead atoms. The summed E-state index contributed by atoms with van der Waals surface area (Å²) in [6.45, 7) is 1.02. The van der Waals surface area contributed by atoms with Gasteiger partial charge in [-0.1, -0.05) is 28.4 Å². The third-order valence-electron chi connectivity index (χ3n) is 2.55. The third kappa shape index (κ3) is 2.63. The zero-order valence-electron chi connectivity index (χ0n) is 10.7. The predicted octanol–water partition coefficient (Wildman–Crippen LogP) is 1.69. The fraction of sp³-hybridized carbons (Fsp3) is 0.0909. The molecule has 2 rings (SSSR count). The van der Waals surface area contributed by atoms with Crippen molar-refractivity contribution in [1.29, 1.82) is 0 Å². The molecule has 0 aromatic heterocycles. The molecule has 0 radical (unpaired) electrons. The summed E-state index contributed by atoms with van der Waals surface area (Å²) in [6.07, 6.45) is 0. The highest BCUT2D eigenvalue weighted by atomic mass is 35.5. The van der Waals surface area contributed by atoms with Gasteiger partial charge in [0.15, 0.2) is 5.71 Å². The van der Waals surface area contributed by atoms with E-state index in [2.05, 4.69) is 15.3 Å². The summed E-state index contributed by atoms with van der Waals surface area (Å²) in [6, 6.07) is 1.05. The highest BCUT2D eigenvalue weighted by Gasteiger charge is 2.37.